The fraction of sp³-hybridized carbons (Fsp3) is 0.741. The smallest absolute Gasteiger partial charge is 0.223 e. The molecule has 7 atom stereocenters. The predicted octanol–water partition coefficient (Wildman–Crippen LogP) is 4.05. The third-order valence-corrected chi connectivity index (χ3v) is 8.86. The maximum absolute atomic E-state index is 13.2. The average molecular weight is 507 g/mol. The minimum Gasteiger partial charge on any atom is -0.392 e. The monoisotopic (exact) mass is 506 g/mol. The average Bonchev–Trinajstić information content (AvgIpc) is 3.22. The zero-order valence-electron chi connectivity index (χ0n) is 22.1. The first-order chi connectivity index (χ1) is 16.2. The number of Topliss-reactive ketones (excluding diaryl/α,β-unsaturated/α-hetero) is 1. The number of amides is 1. The molecule has 1 amide bonds. The van der Waals surface area contributed by atoms with E-state index in [1.807, 2.05) is 32.2 Å². The van der Waals surface area contributed by atoms with E-state index < -0.39 is 23.5 Å². The normalized spacial score (nSPS) is 37.5. The van der Waals surface area contributed by atoms with E-state index in [0.29, 0.717) is 6.42 Å². The predicted molar refractivity (Wildman–Crippen MR) is 138 cm³/mol. The number of epoxide rings is 1. The van der Waals surface area contributed by atoms with Crippen LogP contribution in [0.3, 0.4) is 0 Å². The number of aromatic nitrogens is 1. The van der Waals surface area contributed by atoms with Gasteiger partial charge in [0, 0.05) is 17.7 Å². The summed E-state index contributed by atoms with van der Waals surface area (Å²) in [6.45, 7) is 13.0. The lowest BCUT2D eigenvalue weighted by atomic mass is 9.72. The van der Waals surface area contributed by atoms with Gasteiger partial charge in [0.2, 0.25) is 5.91 Å². The van der Waals surface area contributed by atoms with Crippen molar-refractivity contribution in [2.45, 2.75) is 111 Å². The Morgan fingerprint density at radius 3 is 2.57 bits per heavy atom. The number of nitrogens with zero attached hydrogens (tertiary/aromatic N) is 1. The van der Waals surface area contributed by atoms with Gasteiger partial charge >= 0.3 is 0 Å². The molecule has 1 aromatic rings. The fourth-order valence-corrected chi connectivity index (χ4v) is 5.76. The Labute approximate surface area is 213 Å². The summed E-state index contributed by atoms with van der Waals surface area (Å²) >= 11 is 1.58. The number of ether oxygens (including phenoxy) is 1. The third kappa shape index (κ3) is 6.59. The highest BCUT2D eigenvalue weighted by Gasteiger charge is 2.52. The van der Waals surface area contributed by atoms with Gasteiger partial charge in [-0.25, -0.2) is 4.98 Å². The van der Waals surface area contributed by atoms with E-state index in [-0.39, 0.29) is 41.8 Å². The SMILES string of the molecule is C/C(=C\c1csc(C)n1)C1C[C@@H]2O[C@]2(C)CCC[C@H](C)[C@H](O)[C@@H](C)C(=O)C(C)(C)[C@@H](O)CC(=O)N1. The Morgan fingerprint density at radius 2 is 1.94 bits per heavy atom. The van der Waals surface area contributed by atoms with Crippen LogP contribution in [0.5, 0.6) is 0 Å². The van der Waals surface area contributed by atoms with Crippen molar-refractivity contribution in [3.63, 3.8) is 0 Å². The Balaban J connectivity index is 1.85. The van der Waals surface area contributed by atoms with Crippen molar-refractivity contribution < 1.29 is 24.5 Å². The highest BCUT2D eigenvalue weighted by molar-refractivity contribution is 7.09. The minimum atomic E-state index is -1.17. The molecule has 8 heteroatoms. The van der Waals surface area contributed by atoms with E-state index in [9.17, 15) is 19.8 Å². The van der Waals surface area contributed by atoms with Crippen LogP contribution in [0.2, 0.25) is 0 Å². The number of hydrogen-bond donors (Lipinski definition) is 3. The van der Waals surface area contributed by atoms with E-state index >= 15 is 0 Å². The van der Waals surface area contributed by atoms with Gasteiger partial charge in [-0.15, -0.1) is 11.3 Å². The number of nitrogens with one attached hydrogen (secondary N) is 1. The summed E-state index contributed by atoms with van der Waals surface area (Å²) in [5.41, 5.74) is 0.410. The molecule has 0 bridgehead atoms. The van der Waals surface area contributed by atoms with E-state index in [0.717, 1.165) is 35.5 Å². The van der Waals surface area contributed by atoms with Gasteiger partial charge in [0.1, 0.15) is 5.78 Å². The molecule has 2 aliphatic heterocycles. The van der Waals surface area contributed by atoms with Gasteiger partial charge in [0.15, 0.2) is 0 Å². The molecular formula is C27H42N2O5S. The van der Waals surface area contributed by atoms with Crippen LogP contribution in [0.1, 0.15) is 84.3 Å². The molecule has 0 spiro atoms. The summed E-state index contributed by atoms with van der Waals surface area (Å²) in [6, 6.07) is -0.269. The Hall–Kier alpha value is -1.61. The largest absolute Gasteiger partial charge is 0.392 e. The molecule has 2 fully saturated rings. The first-order valence-corrected chi connectivity index (χ1v) is 13.6. The van der Waals surface area contributed by atoms with Gasteiger partial charge in [-0.3, -0.25) is 9.59 Å². The Morgan fingerprint density at radius 1 is 1.26 bits per heavy atom. The number of thiazole rings is 1. The van der Waals surface area contributed by atoms with Crippen LogP contribution in [-0.2, 0) is 14.3 Å². The Kier molecular flexibility index (Phi) is 8.62. The number of hydrogen-bond acceptors (Lipinski definition) is 7. The molecule has 2 aliphatic rings. The molecule has 0 saturated carbocycles. The van der Waals surface area contributed by atoms with Crippen LogP contribution in [0.15, 0.2) is 11.0 Å². The molecule has 0 radical (unpaired) electrons. The second-order valence-electron chi connectivity index (χ2n) is 11.4. The molecule has 3 rings (SSSR count). The first kappa shape index (κ1) is 28.0. The van der Waals surface area contributed by atoms with E-state index in [1.54, 1.807) is 32.1 Å². The summed E-state index contributed by atoms with van der Waals surface area (Å²) in [7, 11) is 0. The van der Waals surface area contributed by atoms with E-state index in [1.165, 1.54) is 0 Å². The van der Waals surface area contributed by atoms with Crippen molar-refractivity contribution >= 4 is 29.1 Å². The fourth-order valence-electron chi connectivity index (χ4n) is 5.19. The van der Waals surface area contributed by atoms with Crippen LogP contribution in [0.25, 0.3) is 6.08 Å². The lowest BCUT2D eigenvalue weighted by molar-refractivity contribution is -0.143. The van der Waals surface area contributed by atoms with Crippen LogP contribution >= 0.6 is 11.3 Å². The molecule has 1 aromatic heterocycles. The molecule has 2 saturated heterocycles. The van der Waals surface area contributed by atoms with E-state index in [4.69, 9.17) is 4.74 Å². The number of rotatable bonds is 2. The zero-order valence-corrected chi connectivity index (χ0v) is 22.9. The molecule has 3 heterocycles. The maximum Gasteiger partial charge on any atom is 0.223 e. The van der Waals surface area contributed by atoms with Gasteiger partial charge < -0.3 is 20.3 Å². The van der Waals surface area contributed by atoms with Gasteiger partial charge in [-0.2, -0.15) is 0 Å². The highest BCUT2D eigenvalue weighted by atomic mass is 32.1. The van der Waals surface area contributed by atoms with Crippen molar-refractivity contribution in [2.75, 3.05) is 0 Å². The van der Waals surface area contributed by atoms with Crippen LogP contribution in [0, 0.1) is 24.2 Å². The first-order valence-electron chi connectivity index (χ1n) is 12.7. The second kappa shape index (κ2) is 10.8. The number of aliphatic hydroxyl groups is 2. The van der Waals surface area contributed by atoms with Crippen molar-refractivity contribution in [2.24, 2.45) is 17.3 Å². The number of aryl methyl sites for hydroxylation is 1. The van der Waals surface area contributed by atoms with Crippen molar-refractivity contribution in [1.82, 2.24) is 10.3 Å². The Bertz CT molecular complexity index is 957. The van der Waals surface area contributed by atoms with Crippen molar-refractivity contribution in [3.8, 4) is 0 Å². The summed E-state index contributed by atoms with van der Waals surface area (Å²) in [6.07, 6.45) is 2.99. The van der Waals surface area contributed by atoms with Gasteiger partial charge in [0.25, 0.3) is 0 Å². The molecule has 1 unspecified atom stereocenters. The number of fused-ring (bicyclic) bond motifs is 1. The van der Waals surface area contributed by atoms with Crippen molar-refractivity contribution in [3.05, 3.63) is 21.7 Å². The van der Waals surface area contributed by atoms with Gasteiger partial charge in [0.05, 0.1) is 52.5 Å². The number of carbonyl (C=O) groups excluding carboxylic acids is 2. The quantitative estimate of drug-likeness (QED) is 0.522. The molecular weight excluding hydrogens is 464 g/mol. The summed E-state index contributed by atoms with van der Waals surface area (Å²) in [4.78, 5) is 30.8. The van der Waals surface area contributed by atoms with Gasteiger partial charge in [-0.05, 0) is 51.2 Å². The van der Waals surface area contributed by atoms with E-state index in [2.05, 4.69) is 17.2 Å². The van der Waals surface area contributed by atoms with Crippen LogP contribution < -0.4 is 5.32 Å². The molecule has 7 nitrogen and oxygen atoms in total. The molecule has 0 aromatic carbocycles. The molecule has 3 N–H and O–H groups in total. The molecule has 196 valence electrons. The third-order valence-electron chi connectivity index (χ3n) is 8.07. The standard InChI is InChI=1S/C27H42N2O5S/c1-15-9-8-10-27(7)22(34-27)12-20(16(2)11-19-14-35-18(4)28-19)29-23(31)13-21(30)26(5,6)25(33)17(3)24(15)32/h11,14-15,17,20-22,24,30,32H,8-10,12-13H2,1-7H3,(H,29,31)/b16-11+/t15-,17+,20?,21-,22-,24-,27+/m0/s1. The summed E-state index contributed by atoms with van der Waals surface area (Å²) in [5, 5.41) is 27.8. The van der Waals surface area contributed by atoms with Gasteiger partial charge in [-0.1, -0.05) is 34.1 Å². The summed E-state index contributed by atoms with van der Waals surface area (Å²) in [5.74, 6) is -1.24. The second-order valence-corrected chi connectivity index (χ2v) is 12.5. The maximum atomic E-state index is 13.2. The highest BCUT2D eigenvalue weighted by Crippen LogP contribution is 2.44. The van der Waals surface area contributed by atoms with Crippen LogP contribution in [-0.4, -0.2) is 56.8 Å². The summed E-state index contributed by atoms with van der Waals surface area (Å²) < 4.78 is 6.10. The molecule has 35 heavy (non-hydrogen) atoms. The molecule has 0 aliphatic carbocycles. The number of aliphatic hydroxyl groups excluding tert-OH is 2. The van der Waals surface area contributed by atoms with Crippen LogP contribution in [0.4, 0.5) is 0 Å². The number of carbonyl (C=O) groups is 2. The van der Waals surface area contributed by atoms with Crippen molar-refractivity contribution in [1.29, 1.82) is 0 Å². The number of ketones is 1. The minimum absolute atomic E-state index is 0.0170. The lowest BCUT2D eigenvalue weighted by Crippen LogP contribution is -2.47. The topological polar surface area (TPSA) is 112 Å². The zero-order chi connectivity index (χ0) is 26.1. The lowest BCUT2D eigenvalue weighted by Gasteiger charge is -2.34.